The van der Waals surface area contributed by atoms with E-state index in [-0.39, 0.29) is 44.5 Å². The van der Waals surface area contributed by atoms with Crippen molar-refractivity contribution in [1.82, 2.24) is 15.7 Å². The summed E-state index contributed by atoms with van der Waals surface area (Å²) in [5.74, 6) is -1.96. The Hall–Kier alpha value is -2.62. The van der Waals surface area contributed by atoms with Crippen molar-refractivity contribution in [3.8, 4) is 0 Å². The lowest BCUT2D eigenvalue weighted by Crippen LogP contribution is -2.69. The number of halogens is 1. The first kappa shape index (κ1) is 36.2. The van der Waals surface area contributed by atoms with Crippen LogP contribution in [0.2, 0.25) is 0 Å². The van der Waals surface area contributed by atoms with E-state index in [1.165, 1.54) is 0 Å². The van der Waals surface area contributed by atoms with Crippen molar-refractivity contribution in [2.45, 2.75) is 121 Å². The lowest BCUT2D eigenvalue weighted by Gasteiger charge is -2.48. The summed E-state index contributed by atoms with van der Waals surface area (Å²) in [5.41, 5.74) is 0.804. The Bertz CT molecular complexity index is 1500. The third-order valence-electron chi connectivity index (χ3n) is 10.3. The summed E-state index contributed by atoms with van der Waals surface area (Å²) in [6, 6.07) is 14.0. The van der Waals surface area contributed by atoms with Crippen LogP contribution >= 0.6 is 22.6 Å². The molecule has 2 amide bonds. The van der Waals surface area contributed by atoms with E-state index in [0.717, 1.165) is 66.1 Å². The molecule has 6 atom stereocenters. The molecule has 3 aliphatic heterocycles. The number of unbranched alkanes of at least 4 members (excludes halogenated alkanes) is 4. The molecule has 11 nitrogen and oxygen atoms in total. The Morgan fingerprint density at radius 1 is 0.959 bits per heavy atom. The fourth-order valence-corrected chi connectivity index (χ4v) is 8.56. The minimum absolute atomic E-state index is 0.140. The number of benzene rings is 2. The van der Waals surface area contributed by atoms with Gasteiger partial charge >= 0.3 is 5.97 Å². The van der Waals surface area contributed by atoms with Crippen molar-refractivity contribution in [2.24, 2.45) is 5.41 Å². The third kappa shape index (κ3) is 7.41. The number of nitrogens with zero attached hydrogens (tertiary/aromatic N) is 1. The van der Waals surface area contributed by atoms with Gasteiger partial charge in [-0.3, -0.25) is 19.2 Å². The molecule has 12 heteroatoms. The van der Waals surface area contributed by atoms with E-state index in [9.17, 15) is 14.4 Å². The van der Waals surface area contributed by atoms with E-state index in [0.29, 0.717) is 5.56 Å². The predicted octanol–water partition coefficient (Wildman–Crippen LogP) is 4.77. The number of carbonyl (C=O) groups is 3. The molecule has 3 heterocycles. The lowest BCUT2D eigenvalue weighted by molar-refractivity contribution is -0.224. The Labute approximate surface area is 301 Å². The molecule has 4 aliphatic rings. The van der Waals surface area contributed by atoms with Gasteiger partial charge in [0.1, 0.15) is 29.8 Å². The second-order valence-corrected chi connectivity index (χ2v) is 15.0. The summed E-state index contributed by atoms with van der Waals surface area (Å²) in [4.78, 5) is 47.9. The van der Waals surface area contributed by atoms with Crippen LogP contribution in [0.4, 0.5) is 0 Å². The first-order chi connectivity index (χ1) is 23.7. The number of fused-ring (bicyclic) bond motifs is 4. The lowest BCUT2D eigenvalue weighted by atomic mass is 9.62. The summed E-state index contributed by atoms with van der Waals surface area (Å²) in [5, 5.41) is 16.5. The molecule has 49 heavy (non-hydrogen) atoms. The fraction of sp³-hybridized carbons (Fsp3) is 0.595. The minimum atomic E-state index is -1.29. The predicted molar refractivity (Wildman–Crippen MR) is 189 cm³/mol. The van der Waals surface area contributed by atoms with Crippen molar-refractivity contribution >= 4 is 40.4 Å². The highest BCUT2D eigenvalue weighted by molar-refractivity contribution is 14.1. The van der Waals surface area contributed by atoms with Gasteiger partial charge in [0.05, 0.1) is 13.2 Å². The molecule has 2 aromatic rings. The van der Waals surface area contributed by atoms with Crippen LogP contribution in [-0.2, 0) is 41.7 Å². The molecule has 1 saturated carbocycles. The molecule has 4 fully saturated rings. The molecule has 0 radical (unpaired) electrons. The number of hydroxylamine groups is 2. The highest BCUT2D eigenvalue weighted by Crippen LogP contribution is 2.58. The maximum atomic E-state index is 14.7. The van der Waals surface area contributed by atoms with Gasteiger partial charge in [-0.05, 0) is 70.8 Å². The number of carbonyl (C=O) groups excluding carboxylic acids is 3. The molecule has 0 spiro atoms. The SMILES string of the molecule is CCCCCC1(CCCCC)O[C@@H]2[C@H](O1)[C@H]1ON(Cc3cccc(I)c3)[C@@H]3C(=O)O[C@@H]2C[C@]13C(=O)NCc1cccc(C(=O)NCCO)c1. The normalized spacial score (nSPS) is 28.2. The second-order valence-electron chi connectivity index (χ2n) is 13.7. The maximum Gasteiger partial charge on any atom is 0.327 e. The third-order valence-corrected chi connectivity index (χ3v) is 10.9. The number of rotatable bonds is 16. The van der Waals surface area contributed by atoms with E-state index in [1.807, 2.05) is 30.3 Å². The average molecular weight is 790 g/mol. The van der Waals surface area contributed by atoms with Gasteiger partial charge in [-0.25, -0.2) is 0 Å². The van der Waals surface area contributed by atoms with Crippen LogP contribution in [0.5, 0.6) is 0 Å². The van der Waals surface area contributed by atoms with Crippen LogP contribution in [0.1, 0.15) is 93.1 Å². The van der Waals surface area contributed by atoms with Crippen LogP contribution in [0, 0.1) is 8.99 Å². The van der Waals surface area contributed by atoms with Crippen molar-refractivity contribution in [1.29, 1.82) is 0 Å². The van der Waals surface area contributed by atoms with Gasteiger partial charge in [0.2, 0.25) is 5.91 Å². The Balaban J connectivity index is 1.31. The second kappa shape index (κ2) is 15.7. The van der Waals surface area contributed by atoms with Crippen molar-refractivity contribution in [3.05, 3.63) is 68.8 Å². The van der Waals surface area contributed by atoms with Crippen LogP contribution in [0.25, 0.3) is 0 Å². The van der Waals surface area contributed by atoms with Gasteiger partial charge in [0.25, 0.3) is 5.91 Å². The van der Waals surface area contributed by atoms with Crippen LogP contribution in [0.3, 0.4) is 0 Å². The summed E-state index contributed by atoms with van der Waals surface area (Å²) >= 11 is 2.26. The molecule has 2 bridgehead atoms. The van der Waals surface area contributed by atoms with Gasteiger partial charge in [0, 0.05) is 41.5 Å². The quantitative estimate of drug-likeness (QED) is 0.125. The molecule has 0 aromatic heterocycles. The minimum Gasteiger partial charge on any atom is -0.458 e. The number of esters is 1. The zero-order chi connectivity index (χ0) is 34.6. The Morgan fingerprint density at radius 2 is 1.67 bits per heavy atom. The van der Waals surface area contributed by atoms with Gasteiger partial charge in [-0.1, -0.05) is 63.8 Å². The largest absolute Gasteiger partial charge is 0.458 e. The van der Waals surface area contributed by atoms with Crippen LogP contribution in [0.15, 0.2) is 48.5 Å². The van der Waals surface area contributed by atoms with Crippen molar-refractivity contribution in [3.63, 3.8) is 0 Å². The van der Waals surface area contributed by atoms with E-state index < -0.39 is 47.6 Å². The summed E-state index contributed by atoms with van der Waals surface area (Å²) in [7, 11) is 0. The average Bonchev–Trinajstić information content (AvgIpc) is 3.65. The van der Waals surface area contributed by atoms with Crippen LogP contribution in [-0.4, -0.2) is 77.3 Å². The van der Waals surface area contributed by atoms with Gasteiger partial charge < -0.3 is 30.0 Å². The molecule has 2 aromatic carbocycles. The number of nitrogens with one attached hydrogen (secondary N) is 2. The van der Waals surface area contributed by atoms with Gasteiger partial charge in [-0.15, -0.1) is 0 Å². The summed E-state index contributed by atoms with van der Waals surface area (Å²) in [6.45, 7) is 4.75. The molecule has 3 saturated heterocycles. The monoisotopic (exact) mass is 789 g/mol. The molecule has 6 rings (SSSR count). The zero-order valence-electron chi connectivity index (χ0n) is 28.3. The first-order valence-corrected chi connectivity index (χ1v) is 18.8. The highest BCUT2D eigenvalue weighted by atomic mass is 127. The van der Waals surface area contributed by atoms with E-state index >= 15 is 0 Å². The molecule has 266 valence electrons. The number of ether oxygens (including phenoxy) is 3. The zero-order valence-corrected chi connectivity index (χ0v) is 30.5. The van der Waals surface area contributed by atoms with E-state index in [1.54, 1.807) is 23.3 Å². The standard InChI is InChI=1S/C37H48IN3O8/c1-3-5-7-15-36(16-8-6-4-2)47-29-28-21-37(35(45)40-22-24-11-9-13-26(19-24)33(43)39-17-18-42)31(34(44)46-28)41(49-32(37)30(29)48-36)23-25-12-10-14-27(38)20-25/h9-14,19-20,28-32,42H,3-8,15-18,21-23H2,1-2H3,(H,39,43)(H,40,45)/t28-,29+,30+,31-,32-,37-/m1/s1. The molecule has 0 unspecified atom stereocenters. The van der Waals surface area contributed by atoms with E-state index in [2.05, 4.69) is 47.1 Å². The fourth-order valence-electron chi connectivity index (χ4n) is 7.95. The number of hydrogen-bond acceptors (Lipinski definition) is 9. The molecule has 1 aliphatic carbocycles. The smallest absolute Gasteiger partial charge is 0.327 e. The number of amides is 2. The summed E-state index contributed by atoms with van der Waals surface area (Å²) in [6.07, 6.45) is 5.24. The van der Waals surface area contributed by atoms with Gasteiger partial charge in [-0.2, -0.15) is 5.06 Å². The van der Waals surface area contributed by atoms with Crippen LogP contribution < -0.4 is 10.6 Å². The number of hydrogen-bond donors (Lipinski definition) is 3. The Morgan fingerprint density at radius 3 is 2.39 bits per heavy atom. The van der Waals surface area contributed by atoms with Gasteiger partial charge in [0.15, 0.2) is 11.8 Å². The van der Waals surface area contributed by atoms with Crippen molar-refractivity contribution in [2.75, 3.05) is 13.2 Å². The van der Waals surface area contributed by atoms with E-state index in [4.69, 9.17) is 24.2 Å². The maximum absolute atomic E-state index is 14.7. The summed E-state index contributed by atoms with van der Waals surface area (Å²) < 4.78 is 21.0. The highest BCUT2D eigenvalue weighted by Gasteiger charge is 2.76. The number of aliphatic hydroxyl groups excluding tert-OH is 1. The first-order valence-electron chi connectivity index (χ1n) is 17.7. The number of aliphatic hydroxyl groups is 1. The molecular weight excluding hydrogens is 741 g/mol. The Kier molecular flexibility index (Phi) is 11.6. The molecular formula is C37H48IN3O8. The van der Waals surface area contributed by atoms with Crippen molar-refractivity contribution < 1.29 is 38.5 Å². The molecule has 3 N–H and O–H groups in total. The topological polar surface area (TPSA) is 136 Å².